The number of nitrogens with one attached hydrogen (secondary N) is 1. The number of aromatic nitrogens is 1. The van der Waals surface area contributed by atoms with Gasteiger partial charge in [-0.2, -0.15) is 0 Å². The lowest BCUT2D eigenvalue weighted by Crippen LogP contribution is -2.36. The highest BCUT2D eigenvalue weighted by Gasteiger charge is 2.25. The predicted octanol–water partition coefficient (Wildman–Crippen LogP) is 3.77. The molecule has 1 N–H and O–H groups in total. The van der Waals surface area contributed by atoms with Crippen molar-refractivity contribution in [2.75, 3.05) is 16.8 Å². The Labute approximate surface area is 118 Å². The lowest BCUT2D eigenvalue weighted by atomic mass is 10.3. The molecule has 1 aliphatic heterocycles. The predicted molar refractivity (Wildman–Crippen MR) is 79.7 cm³/mol. The van der Waals surface area contributed by atoms with Crippen LogP contribution >= 0.6 is 11.6 Å². The molecule has 0 saturated carbocycles. The molecule has 2 aromatic rings. The normalized spacial score (nSPS) is 18.6. The molecule has 98 valence electrons. The molecule has 1 unspecified atom stereocenters. The van der Waals surface area contributed by atoms with Crippen LogP contribution < -0.4 is 10.2 Å². The van der Waals surface area contributed by atoms with Gasteiger partial charge in [0.05, 0.1) is 0 Å². The van der Waals surface area contributed by atoms with E-state index in [1.165, 1.54) is 6.42 Å². The van der Waals surface area contributed by atoms with Crippen molar-refractivity contribution in [2.45, 2.75) is 19.0 Å². The van der Waals surface area contributed by atoms with Crippen LogP contribution in [-0.4, -0.2) is 17.7 Å². The van der Waals surface area contributed by atoms with Gasteiger partial charge < -0.3 is 10.2 Å². The van der Waals surface area contributed by atoms with Crippen LogP contribution in [-0.2, 0) is 0 Å². The molecular formula is C15H16ClN3. The average molecular weight is 274 g/mol. The van der Waals surface area contributed by atoms with Crippen molar-refractivity contribution < 1.29 is 0 Å². The minimum absolute atomic E-state index is 0.302. The molecule has 0 spiro atoms. The van der Waals surface area contributed by atoms with Crippen molar-refractivity contribution in [3.63, 3.8) is 0 Å². The second-order valence-corrected chi connectivity index (χ2v) is 5.13. The zero-order valence-corrected chi connectivity index (χ0v) is 11.3. The third kappa shape index (κ3) is 2.82. The molecule has 1 aromatic carbocycles. The first-order valence-corrected chi connectivity index (χ1v) is 6.90. The summed E-state index contributed by atoms with van der Waals surface area (Å²) in [6.07, 6.45) is 4.45. The van der Waals surface area contributed by atoms with Crippen LogP contribution in [0.3, 0.4) is 0 Å². The first-order valence-electron chi connectivity index (χ1n) is 6.53. The second-order valence-electron chi connectivity index (χ2n) is 4.69. The van der Waals surface area contributed by atoms with Gasteiger partial charge in [0.25, 0.3) is 0 Å². The first kappa shape index (κ1) is 12.3. The minimum atomic E-state index is 0.302. The highest BCUT2D eigenvalue weighted by molar-refractivity contribution is 6.30. The molecular weight excluding hydrogens is 258 g/mol. The Bertz CT molecular complexity index is 527. The average Bonchev–Trinajstić information content (AvgIpc) is 2.90. The van der Waals surface area contributed by atoms with E-state index in [4.69, 9.17) is 11.6 Å². The van der Waals surface area contributed by atoms with Gasteiger partial charge in [-0.15, -0.1) is 0 Å². The maximum Gasteiger partial charge on any atom is 0.130 e. The summed E-state index contributed by atoms with van der Waals surface area (Å²) < 4.78 is 0. The number of rotatable bonds is 3. The standard InChI is InChI=1S/C15H16ClN3/c16-12-6-8-13(9-7-12)18-15-5-3-11-19(15)14-4-1-2-10-17-14/h1-2,4,6-10,15,18H,3,5,11H2. The Morgan fingerprint density at radius 2 is 2.00 bits per heavy atom. The molecule has 1 saturated heterocycles. The van der Waals surface area contributed by atoms with E-state index in [-0.39, 0.29) is 0 Å². The molecule has 2 heterocycles. The molecule has 19 heavy (non-hydrogen) atoms. The Kier molecular flexibility index (Phi) is 3.56. The quantitative estimate of drug-likeness (QED) is 0.923. The van der Waals surface area contributed by atoms with Crippen molar-refractivity contribution in [2.24, 2.45) is 0 Å². The van der Waals surface area contributed by atoms with E-state index in [9.17, 15) is 0 Å². The molecule has 0 bridgehead atoms. The van der Waals surface area contributed by atoms with E-state index >= 15 is 0 Å². The summed E-state index contributed by atoms with van der Waals surface area (Å²) in [7, 11) is 0. The fourth-order valence-corrected chi connectivity index (χ4v) is 2.58. The summed E-state index contributed by atoms with van der Waals surface area (Å²) in [6.45, 7) is 1.04. The summed E-state index contributed by atoms with van der Waals surface area (Å²) in [4.78, 5) is 6.75. The molecule has 1 fully saturated rings. The SMILES string of the molecule is Clc1ccc(NC2CCCN2c2ccccn2)cc1. The summed E-state index contributed by atoms with van der Waals surface area (Å²) in [5.74, 6) is 1.03. The van der Waals surface area contributed by atoms with Gasteiger partial charge in [0.1, 0.15) is 12.0 Å². The highest BCUT2D eigenvalue weighted by Crippen LogP contribution is 2.25. The fraction of sp³-hybridized carbons (Fsp3) is 0.267. The van der Waals surface area contributed by atoms with Gasteiger partial charge in [0, 0.05) is 23.5 Å². The molecule has 0 aliphatic carbocycles. The monoisotopic (exact) mass is 273 g/mol. The maximum atomic E-state index is 5.90. The molecule has 3 rings (SSSR count). The molecule has 0 amide bonds. The van der Waals surface area contributed by atoms with Gasteiger partial charge in [-0.05, 0) is 49.2 Å². The third-order valence-electron chi connectivity index (χ3n) is 3.37. The highest BCUT2D eigenvalue weighted by atomic mass is 35.5. The van der Waals surface area contributed by atoms with Gasteiger partial charge in [-0.3, -0.25) is 0 Å². The Morgan fingerprint density at radius 1 is 1.16 bits per heavy atom. The summed E-state index contributed by atoms with van der Waals surface area (Å²) in [5, 5.41) is 4.31. The van der Waals surface area contributed by atoms with E-state index in [2.05, 4.69) is 21.3 Å². The second kappa shape index (κ2) is 5.49. The van der Waals surface area contributed by atoms with Crippen molar-refractivity contribution in [3.8, 4) is 0 Å². The van der Waals surface area contributed by atoms with Crippen molar-refractivity contribution in [1.82, 2.24) is 4.98 Å². The number of anilines is 2. The summed E-state index contributed by atoms with van der Waals surface area (Å²) >= 11 is 5.90. The lowest BCUT2D eigenvalue weighted by Gasteiger charge is -2.27. The van der Waals surface area contributed by atoms with Crippen molar-refractivity contribution in [3.05, 3.63) is 53.7 Å². The van der Waals surface area contributed by atoms with Crippen LogP contribution in [0.5, 0.6) is 0 Å². The van der Waals surface area contributed by atoms with E-state index in [1.807, 2.05) is 42.6 Å². The Hall–Kier alpha value is -1.74. The maximum absolute atomic E-state index is 5.90. The van der Waals surface area contributed by atoms with Gasteiger partial charge in [0.2, 0.25) is 0 Å². The number of hydrogen-bond donors (Lipinski definition) is 1. The molecule has 0 radical (unpaired) electrons. The Balaban J connectivity index is 1.75. The largest absolute Gasteiger partial charge is 0.365 e. The van der Waals surface area contributed by atoms with E-state index in [0.29, 0.717) is 6.17 Å². The smallest absolute Gasteiger partial charge is 0.130 e. The van der Waals surface area contributed by atoms with Gasteiger partial charge >= 0.3 is 0 Å². The third-order valence-corrected chi connectivity index (χ3v) is 3.63. The van der Waals surface area contributed by atoms with E-state index < -0.39 is 0 Å². The van der Waals surface area contributed by atoms with E-state index in [0.717, 1.165) is 29.5 Å². The van der Waals surface area contributed by atoms with Crippen molar-refractivity contribution >= 4 is 23.1 Å². The van der Waals surface area contributed by atoms with Crippen LogP contribution in [0.15, 0.2) is 48.7 Å². The van der Waals surface area contributed by atoms with Gasteiger partial charge in [-0.1, -0.05) is 17.7 Å². The van der Waals surface area contributed by atoms with Crippen LogP contribution in [0, 0.1) is 0 Å². The minimum Gasteiger partial charge on any atom is -0.365 e. The molecule has 3 nitrogen and oxygen atoms in total. The molecule has 1 aromatic heterocycles. The van der Waals surface area contributed by atoms with E-state index in [1.54, 1.807) is 0 Å². The summed E-state index contributed by atoms with van der Waals surface area (Å²) in [5.41, 5.74) is 1.09. The molecule has 1 aliphatic rings. The lowest BCUT2D eigenvalue weighted by molar-refractivity contribution is 0.742. The van der Waals surface area contributed by atoms with Crippen LogP contribution in [0.1, 0.15) is 12.8 Å². The molecule has 1 atom stereocenters. The fourth-order valence-electron chi connectivity index (χ4n) is 2.45. The molecule has 4 heteroatoms. The number of hydrogen-bond acceptors (Lipinski definition) is 3. The Morgan fingerprint density at radius 3 is 2.74 bits per heavy atom. The zero-order valence-electron chi connectivity index (χ0n) is 10.6. The first-order chi connectivity index (χ1) is 9.33. The van der Waals surface area contributed by atoms with Gasteiger partial charge in [0.15, 0.2) is 0 Å². The van der Waals surface area contributed by atoms with Crippen LogP contribution in [0.2, 0.25) is 5.02 Å². The number of benzene rings is 1. The van der Waals surface area contributed by atoms with Crippen LogP contribution in [0.4, 0.5) is 11.5 Å². The number of halogens is 1. The van der Waals surface area contributed by atoms with Crippen molar-refractivity contribution in [1.29, 1.82) is 0 Å². The van der Waals surface area contributed by atoms with Crippen LogP contribution in [0.25, 0.3) is 0 Å². The zero-order chi connectivity index (χ0) is 13.1. The van der Waals surface area contributed by atoms with Gasteiger partial charge in [-0.25, -0.2) is 4.98 Å². The number of nitrogens with zero attached hydrogens (tertiary/aromatic N) is 2. The number of pyridine rings is 1. The summed E-state index contributed by atoms with van der Waals surface area (Å²) in [6, 6.07) is 13.9. The topological polar surface area (TPSA) is 28.2 Å².